The highest BCUT2D eigenvalue weighted by molar-refractivity contribution is 7.84. The number of hydrogen-bond donors (Lipinski definition) is 1. The van der Waals surface area contributed by atoms with E-state index in [1.165, 1.54) is 0 Å². The van der Waals surface area contributed by atoms with E-state index < -0.39 is 10.8 Å². The van der Waals surface area contributed by atoms with Crippen LogP contribution >= 0.6 is 11.3 Å². The van der Waals surface area contributed by atoms with Gasteiger partial charge in [0.05, 0.1) is 0 Å². The van der Waals surface area contributed by atoms with E-state index in [2.05, 4.69) is 16.8 Å². The lowest BCUT2D eigenvalue weighted by molar-refractivity contribution is -0.130. The van der Waals surface area contributed by atoms with Gasteiger partial charge >= 0.3 is 0 Å². The largest absolute Gasteiger partial charge is 0.320 e. The Kier molecular flexibility index (Phi) is 3.49. The summed E-state index contributed by atoms with van der Waals surface area (Å²) in [4.78, 5) is 14.3. The molecule has 2 aliphatic rings. The average molecular weight is 298 g/mol. The number of rotatable bonds is 5. The minimum absolute atomic E-state index is 0.0323. The lowest BCUT2D eigenvalue weighted by Gasteiger charge is -2.23. The van der Waals surface area contributed by atoms with Crippen molar-refractivity contribution in [1.29, 1.82) is 0 Å². The minimum Gasteiger partial charge on any atom is -0.320 e. The maximum atomic E-state index is 12.5. The van der Waals surface area contributed by atoms with Crippen LogP contribution in [0.3, 0.4) is 0 Å². The van der Waals surface area contributed by atoms with Gasteiger partial charge in [0.15, 0.2) is 0 Å². The molecule has 1 aliphatic heterocycles. The van der Waals surface area contributed by atoms with Crippen molar-refractivity contribution in [1.82, 2.24) is 10.2 Å². The van der Waals surface area contributed by atoms with E-state index in [0.29, 0.717) is 18.1 Å². The van der Waals surface area contributed by atoms with Crippen molar-refractivity contribution in [2.24, 2.45) is 0 Å². The van der Waals surface area contributed by atoms with Crippen molar-refractivity contribution in [2.45, 2.75) is 31.5 Å². The number of nitrogens with one attached hydrogen (secondary N) is 1. The Morgan fingerprint density at radius 1 is 1.58 bits per heavy atom. The predicted octanol–water partition coefficient (Wildman–Crippen LogP) is 1.48. The van der Waals surface area contributed by atoms with Gasteiger partial charge in [0, 0.05) is 28.9 Å². The molecule has 2 unspecified atom stereocenters. The molecule has 1 N–H and O–H groups in total. The predicted molar refractivity (Wildman–Crippen MR) is 77.4 cm³/mol. The number of nitrogens with zero attached hydrogens (tertiary/aromatic N) is 1. The van der Waals surface area contributed by atoms with Gasteiger partial charge in [-0.25, -0.2) is 0 Å². The highest BCUT2D eigenvalue weighted by Crippen LogP contribution is 2.46. The van der Waals surface area contributed by atoms with Gasteiger partial charge in [-0.15, -0.1) is 0 Å². The number of thiophene rings is 1. The van der Waals surface area contributed by atoms with Crippen LogP contribution in [0.4, 0.5) is 0 Å². The van der Waals surface area contributed by atoms with Crippen LogP contribution in [0.2, 0.25) is 0 Å². The molecule has 104 valence electrons. The van der Waals surface area contributed by atoms with E-state index in [1.807, 2.05) is 17.2 Å². The summed E-state index contributed by atoms with van der Waals surface area (Å²) in [6.45, 7) is 2.49. The van der Waals surface area contributed by atoms with E-state index >= 15 is 0 Å². The van der Waals surface area contributed by atoms with Crippen molar-refractivity contribution in [3.63, 3.8) is 0 Å². The molecule has 6 heteroatoms. The second-order valence-electron chi connectivity index (χ2n) is 5.12. The van der Waals surface area contributed by atoms with E-state index in [-0.39, 0.29) is 17.6 Å². The van der Waals surface area contributed by atoms with Gasteiger partial charge in [0.25, 0.3) is 0 Å². The van der Waals surface area contributed by atoms with Crippen LogP contribution < -0.4 is 5.32 Å². The molecule has 2 fully saturated rings. The maximum Gasteiger partial charge on any atom is 0.244 e. The molecule has 0 bridgehead atoms. The third kappa shape index (κ3) is 2.37. The summed E-state index contributed by atoms with van der Waals surface area (Å²) >= 11 is 1.64. The molecule has 2 atom stereocenters. The lowest BCUT2D eigenvalue weighted by Crippen LogP contribution is -2.35. The summed E-state index contributed by atoms with van der Waals surface area (Å²) in [6, 6.07) is 2.06. The van der Waals surface area contributed by atoms with Crippen LogP contribution in [0, 0.1) is 0 Å². The first-order chi connectivity index (χ1) is 9.16. The Labute approximate surface area is 119 Å². The summed E-state index contributed by atoms with van der Waals surface area (Å²) < 4.78 is 11.6. The van der Waals surface area contributed by atoms with Crippen LogP contribution in [-0.4, -0.2) is 38.6 Å². The fourth-order valence-electron chi connectivity index (χ4n) is 2.55. The van der Waals surface area contributed by atoms with Crippen molar-refractivity contribution in [3.8, 4) is 0 Å². The zero-order chi connectivity index (χ0) is 13.5. The molecule has 1 aliphatic carbocycles. The lowest BCUT2D eigenvalue weighted by atomic mass is 10.2. The molecule has 1 saturated heterocycles. The molecule has 3 rings (SSSR count). The first-order valence-corrected chi connectivity index (χ1v) is 9.05. The standard InChI is InChI=1S/C13H18N2O2S2/c1-2-19(17)8-6-15-11(10-3-7-18-9-10)14-13(4-5-13)12(15)16/h3,7,9,11,14H,2,4-6,8H2,1H3. The third-order valence-corrected chi connectivity index (χ3v) is 5.87. The minimum atomic E-state index is -0.823. The molecular weight excluding hydrogens is 280 g/mol. The highest BCUT2D eigenvalue weighted by atomic mass is 32.2. The molecule has 1 saturated carbocycles. The van der Waals surface area contributed by atoms with Gasteiger partial charge < -0.3 is 4.90 Å². The summed E-state index contributed by atoms with van der Waals surface area (Å²) in [5, 5.41) is 7.58. The van der Waals surface area contributed by atoms with Crippen LogP contribution in [0.25, 0.3) is 0 Å². The summed E-state index contributed by atoms with van der Waals surface area (Å²) in [5.41, 5.74) is 0.838. The summed E-state index contributed by atoms with van der Waals surface area (Å²) in [5.74, 6) is 1.42. The third-order valence-electron chi connectivity index (χ3n) is 3.89. The number of hydrogen-bond acceptors (Lipinski definition) is 4. The molecule has 1 amide bonds. The van der Waals surface area contributed by atoms with Crippen molar-refractivity contribution >= 4 is 28.0 Å². The fourth-order valence-corrected chi connectivity index (χ4v) is 3.91. The molecule has 4 nitrogen and oxygen atoms in total. The second-order valence-corrected chi connectivity index (χ2v) is 7.76. The summed E-state index contributed by atoms with van der Waals surface area (Å²) in [6.07, 6.45) is 1.83. The van der Waals surface area contributed by atoms with E-state index in [9.17, 15) is 9.00 Å². The Morgan fingerprint density at radius 2 is 2.37 bits per heavy atom. The molecule has 1 aromatic heterocycles. The van der Waals surface area contributed by atoms with Crippen molar-refractivity contribution < 1.29 is 9.00 Å². The number of amides is 1. The Balaban J connectivity index is 1.77. The quantitative estimate of drug-likeness (QED) is 0.896. The SMILES string of the molecule is CCS(=O)CCN1C(=O)C2(CC2)NC1c1ccsc1. The topological polar surface area (TPSA) is 49.4 Å². The highest BCUT2D eigenvalue weighted by Gasteiger charge is 2.59. The van der Waals surface area contributed by atoms with E-state index in [0.717, 1.165) is 18.4 Å². The van der Waals surface area contributed by atoms with Crippen LogP contribution in [-0.2, 0) is 15.6 Å². The molecule has 0 radical (unpaired) electrons. The Bertz CT molecular complexity index is 497. The first-order valence-electron chi connectivity index (χ1n) is 6.62. The van der Waals surface area contributed by atoms with Crippen LogP contribution in [0.15, 0.2) is 16.8 Å². The van der Waals surface area contributed by atoms with Gasteiger partial charge in [0.2, 0.25) is 5.91 Å². The average Bonchev–Trinajstić information content (AvgIpc) is 2.89. The van der Waals surface area contributed by atoms with Gasteiger partial charge in [-0.2, -0.15) is 11.3 Å². The molecular formula is C13H18N2O2S2. The summed E-state index contributed by atoms with van der Waals surface area (Å²) in [7, 11) is -0.823. The zero-order valence-electron chi connectivity index (χ0n) is 10.9. The smallest absolute Gasteiger partial charge is 0.244 e. The van der Waals surface area contributed by atoms with E-state index in [1.54, 1.807) is 11.3 Å². The molecule has 1 spiro atoms. The first kappa shape index (κ1) is 13.3. The Morgan fingerprint density at radius 3 is 2.95 bits per heavy atom. The fraction of sp³-hybridized carbons (Fsp3) is 0.615. The number of carbonyl (C=O) groups excluding carboxylic acids is 1. The van der Waals surface area contributed by atoms with Gasteiger partial charge in [-0.3, -0.25) is 14.3 Å². The van der Waals surface area contributed by atoms with Gasteiger partial charge in [-0.05, 0) is 35.2 Å². The van der Waals surface area contributed by atoms with Crippen LogP contribution in [0.1, 0.15) is 31.5 Å². The molecule has 0 aromatic carbocycles. The number of carbonyl (C=O) groups is 1. The van der Waals surface area contributed by atoms with Crippen molar-refractivity contribution in [3.05, 3.63) is 22.4 Å². The van der Waals surface area contributed by atoms with Gasteiger partial charge in [0.1, 0.15) is 11.7 Å². The van der Waals surface area contributed by atoms with Crippen LogP contribution in [0.5, 0.6) is 0 Å². The Hall–Kier alpha value is -0.720. The maximum absolute atomic E-state index is 12.5. The van der Waals surface area contributed by atoms with E-state index in [4.69, 9.17) is 0 Å². The monoisotopic (exact) mass is 298 g/mol. The molecule has 2 heterocycles. The normalized spacial score (nSPS) is 26.1. The van der Waals surface area contributed by atoms with Crippen molar-refractivity contribution in [2.75, 3.05) is 18.1 Å². The zero-order valence-corrected chi connectivity index (χ0v) is 12.6. The second kappa shape index (κ2) is 5.00. The van der Waals surface area contributed by atoms with Gasteiger partial charge in [-0.1, -0.05) is 6.92 Å². The molecule has 19 heavy (non-hydrogen) atoms. The molecule has 1 aromatic rings.